The molecule has 1 aromatic rings. The van der Waals surface area contributed by atoms with Crippen molar-refractivity contribution in [3.05, 3.63) is 23.1 Å². The van der Waals surface area contributed by atoms with Crippen molar-refractivity contribution in [2.45, 2.75) is 33.6 Å². The van der Waals surface area contributed by atoms with Crippen molar-refractivity contribution in [2.24, 2.45) is 5.41 Å². The minimum absolute atomic E-state index is 0.0113. The Balaban J connectivity index is 2.53. The van der Waals surface area contributed by atoms with Gasteiger partial charge in [-0.25, -0.2) is 0 Å². The van der Waals surface area contributed by atoms with Crippen LogP contribution in [0.1, 0.15) is 37.8 Å². The molecule has 4 heteroatoms. The largest absolute Gasteiger partial charge is 0.360 e. The van der Waals surface area contributed by atoms with Gasteiger partial charge in [0.2, 0.25) is 0 Å². The van der Waals surface area contributed by atoms with Crippen molar-refractivity contribution in [3.63, 3.8) is 0 Å². The van der Waals surface area contributed by atoms with Gasteiger partial charge in [0.15, 0.2) is 0 Å². The molecule has 4 nitrogen and oxygen atoms in total. The molecule has 0 atom stereocenters. The predicted octanol–water partition coefficient (Wildman–Crippen LogP) is 2.14. The predicted molar refractivity (Wildman–Crippen MR) is 56.3 cm³/mol. The first-order chi connectivity index (χ1) is 7.07. The summed E-state index contributed by atoms with van der Waals surface area (Å²) >= 11 is 0. The van der Waals surface area contributed by atoms with E-state index < -0.39 is 0 Å². The van der Waals surface area contributed by atoms with Gasteiger partial charge in [-0.2, -0.15) is 0 Å². The Morgan fingerprint density at radius 1 is 1.60 bits per heavy atom. The van der Waals surface area contributed by atoms with E-state index in [2.05, 4.69) is 24.5 Å². The van der Waals surface area contributed by atoms with E-state index in [1.165, 1.54) is 0 Å². The second-order valence-electron chi connectivity index (χ2n) is 4.62. The molecule has 1 heterocycles. The van der Waals surface area contributed by atoms with Gasteiger partial charge >= 0.3 is 0 Å². The van der Waals surface area contributed by atoms with Gasteiger partial charge in [0.05, 0.1) is 17.0 Å². The summed E-state index contributed by atoms with van der Waals surface area (Å²) in [5.41, 5.74) is 4.76. The number of hydrogen-bond donors (Lipinski definition) is 2. The molecule has 2 rings (SSSR count). The van der Waals surface area contributed by atoms with E-state index >= 15 is 0 Å². The third kappa shape index (κ3) is 1.65. The number of hydrogen-bond acceptors (Lipinski definition) is 4. The molecule has 2 N–H and O–H groups in total. The van der Waals surface area contributed by atoms with Crippen molar-refractivity contribution in [1.82, 2.24) is 10.6 Å². The maximum absolute atomic E-state index is 9.12. The van der Waals surface area contributed by atoms with Crippen LogP contribution in [-0.4, -0.2) is 10.4 Å². The summed E-state index contributed by atoms with van der Waals surface area (Å²) in [6, 6.07) is 0. The quantitative estimate of drug-likeness (QED) is 0.731. The smallest absolute Gasteiger partial charge is 0.147 e. The van der Waals surface area contributed by atoms with Gasteiger partial charge in [0, 0.05) is 6.42 Å². The van der Waals surface area contributed by atoms with Gasteiger partial charge in [-0.05, 0) is 11.8 Å². The Morgan fingerprint density at radius 3 is 2.93 bits per heavy atom. The topological polar surface area (TPSA) is 58.3 Å². The molecule has 0 unspecified atom stereocenters. The summed E-state index contributed by atoms with van der Waals surface area (Å²) in [7, 11) is 0. The fourth-order valence-corrected chi connectivity index (χ4v) is 2.05. The Bertz CT molecular complexity index is 405. The minimum Gasteiger partial charge on any atom is -0.360 e. The third-order valence-corrected chi connectivity index (χ3v) is 2.71. The molecule has 0 saturated heterocycles. The van der Waals surface area contributed by atoms with Crippen LogP contribution in [0.2, 0.25) is 0 Å². The van der Waals surface area contributed by atoms with Crippen LogP contribution in [0.15, 0.2) is 10.6 Å². The molecular weight excluding hydrogens is 192 g/mol. The van der Waals surface area contributed by atoms with E-state index in [9.17, 15) is 0 Å². The number of nitrogens with zero attached hydrogens (tertiary/aromatic N) is 1. The molecule has 15 heavy (non-hydrogen) atoms. The first-order valence-electron chi connectivity index (χ1n) is 5.18. The highest BCUT2D eigenvalue weighted by molar-refractivity contribution is 5.69. The maximum Gasteiger partial charge on any atom is 0.147 e. The van der Waals surface area contributed by atoms with Gasteiger partial charge in [-0.3, -0.25) is 10.7 Å². The second kappa shape index (κ2) is 3.38. The van der Waals surface area contributed by atoms with Gasteiger partial charge in [0.1, 0.15) is 5.76 Å². The molecule has 0 saturated carbocycles. The van der Waals surface area contributed by atoms with Crippen LogP contribution in [-0.2, 0) is 12.8 Å². The summed E-state index contributed by atoms with van der Waals surface area (Å²) in [5.74, 6) is 0.857. The van der Waals surface area contributed by atoms with Gasteiger partial charge in [-0.15, -0.1) is 0 Å². The standard InChI is InChI=1S/C11H16N2O2/c1-4-7-10-8(12-14)5-11(2,3)6-9(10)15-13-7/h5,12,14H,4,6H2,1-3H3. The average Bonchev–Trinajstić information content (AvgIpc) is 2.57. The zero-order valence-electron chi connectivity index (χ0n) is 9.29. The van der Waals surface area contributed by atoms with Crippen LogP contribution in [0.3, 0.4) is 0 Å². The molecule has 1 aliphatic carbocycles. The van der Waals surface area contributed by atoms with Gasteiger partial charge in [0.25, 0.3) is 0 Å². The molecule has 1 aliphatic rings. The number of rotatable bonds is 2. The average molecular weight is 208 g/mol. The van der Waals surface area contributed by atoms with Crippen LogP contribution in [0.25, 0.3) is 5.70 Å². The number of aromatic nitrogens is 1. The van der Waals surface area contributed by atoms with Crippen molar-refractivity contribution in [3.8, 4) is 0 Å². The summed E-state index contributed by atoms with van der Waals surface area (Å²) < 4.78 is 5.30. The monoisotopic (exact) mass is 208 g/mol. The van der Waals surface area contributed by atoms with E-state index in [-0.39, 0.29) is 5.41 Å². The van der Waals surface area contributed by atoms with Crippen LogP contribution in [0.4, 0.5) is 0 Å². The zero-order valence-corrected chi connectivity index (χ0v) is 9.29. The van der Waals surface area contributed by atoms with Crippen LogP contribution < -0.4 is 5.48 Å². The lowest BCUT2D eigenvalue weighted by atomic mass is 9.81. The van der Waals surface area contributed by atoms with Gasteiger partial charge < -0.3 is 4.52 Å². The number of allylic oxidation sites excluding steroid dienone is 1. The molecule has 0 radical (unpaired) electrons. The van der Waals surface area contributed by atoms with Crippen molar-refractivity contribution in [2.75, 3.05) is 0 Å². The summed E-state index contributed by atoms with van der Waals surface area (Å²) in [5, 5.41) is 13.1. The highest BCUT2D eigenvalue weighted by atomic mass is 16.5. The molecule has 0 spiro atoms. The van der Waals surface area contributed by atoms with E-state index in [0.717, 1.165) is 29.9 Å². The molecule has 0 amide bonds. The van der Waals surface area contributed by atoms with E-state index in [0.29, 0.717) is 5.70 Å². The van der Waals surface area contributed by atoms with E-state index in [1.807, 2.05) is 13.0 Å². The SMILES string of the molecule is CCc1noc2c1C(NO)=CC(C)(C)C2. The fraction of sp³-hybridized carbons (Fsp3) is 0.545. The summed E-state index contributed by atoms with van der Waals surface area (Å²) in [6.45, 7) is 6.22. The lowest BCUT2D eigenvalue weighted by Crippen LogP contribution is -2.22. The van der Waals surface area contributed by atoms with E-state index in [1.54, 1.807) is 0 Å². The Kier molecular flexibility index (Phi) is 2.31. The Hall–Kier alpha value is -1.29. The summed E-state index contributed by atoms with van der Waals surface area (Å²) in [4.78, 5) is 0. The minimum atomic E-state index is -0.0113. The number of hydroxylamine groups is 1. The molecule has 0 aromatic carbocycles. The first kappa shape index (κ1) is 10.2. The van der Waals surface area contributed by atoms with Crippen LogP contribution in [0, 0.1) is 5.41 Å². The Morgan fingerprint density at radius 2 is 2.33 bits per heavy atom. The molecule has 1 aromatic heterocycles. The fourth-order valence-electron chi connectivity index (χ4n) is 2.05. The van der Waals surface area contributed by atoms with E-state index in [4.69, 9.17) is 9.73 Å². The first-order valence-corrected chi connectivity index (χ1v) is 5.18. The summed E-state index contributed by atoms with van der Waals surface area (Å²) in [6.07, 6.45) is 3.64. The molecule has 0 aliphatic heterocycles. The number of nitrogens with one attached hydrogen (secondary N) is 1. The van der Waals surface area contributed by atoms with Crippen molar-refractivity contribution >= 4 is 5.70 Å². The van der Waals surface area contributed by atoms with Gasteiger partial charge in [-0.1, -0.05) is 32.0 Å². The molecule has 0 fully saturated rings. The normalized spacial score (nSPS) is 18.3. The molecular formula is C11H16N2O2. The zero-order chi connectivity index (χ0) is 11.1. The van der Waals surface area contributed by atoms with Crippen molar-refractivity contribution < 1.29 is 9.73 Å². The highest BCUT2D eigenvalue weighted by Gasteiger charge is 2.30. The maximum atomic E-state index is 9.12. The lowest BCUT2D eigenvalue weighted by Gasteiger charge is -2.25. The molecule has 82 valence electrons. The lowest BCUT2D eigenvalue weighted by molar-refractivity contribution is 0.221. The van der Waals surface area contributed by atoms with Crippen molar-refractivity contribution in [1.29, 1.82) is 0 Å². The number of aryl methyl sites for hydroxylation is 1. The Labute approximate surface area is 88.9 Å². The highest BCUT2D eigenvalue weighted by Crippen LogP contribution is 2.36. The van der Waals surface area contributed by atoms with Crippen LogP contribution in [0.5, 0.6) is 0 Å². The second-order valence-corrected chi connectivity index (χ2v) is 4.62. The molecule has 0 bridgehead atoms. The third-order valence-electron chi connectivity index (χ3n) is 2.71. The number of fused-ring (bicyclic) bond motifs is 1. The van der Waals surface area contributed by atoms with Crippen LogP contribution >= 0.6 is 0 Å².